The van der Waals surface area contributed by atoms with Gasteiger partial charge in [-0.1, -0.05) is 12.1 Å². The molecule has 6 nitrogen and oxygen atoms in total. The number of rotatable bonds is 4. The van der Waals surface area contributed by atoms with E-state index in [1.807, 2.05) is 0 Å². The van der Waals surface area contributed by atoms with Crippen molar-refractivity contribution in [3.63, 3.8) is 0 Å². The molecule has 2 rings (SSSR count). The van der Waals surface area contributed by atoms with Crippen LogP contribution in [0.5, 0.6) is 0 Å². The van der Waals surface area contributed by atoms with E-state index in [0.717, 1.165) is 13.1 Å². The largest absolute Gasteiger partial charge is 0.320 e. The summed E-state index contributed by atoms with van der Waals surface area (Å²) in [7, 11) is 0. The van der Waals surface area contributed by atoms with Gasteiger partial charge in [-0.15, -0.1) is 0 Å². The van der Waals surface area contributed by atoms with E-state index in [9.17, 15) is 14.9 Å². The number of amides is 1. The summed E-state index contributed by atoms with van der Waals surface area (Å²) in [5, 5.41) is 16.4. The lowest BCUT2D eigenvalue weighted by molar-refractivity contribution is -0.383. The minimum atomic E-state index is -0.499. The smallest absolute Gasteiger partial charge is 0.292 e. The van der Waals surface area contributed by atoms with Crippen LogP contribution in [0, 0.1) is 16.0 Å². The number of carbonyl (C=O) groups excluding carboxylic acids is 1. The predicted molar refractivity (Wildman–Crippen MR) is 62.7 cm³/mol. The standard InChI is InChI=1S/C11H13N3O3/c15-11(5-8-6-12-7-8)13-9-3-1-2-4-10(9)14(16)17/h1-4,8,12H,5-7H2,(H,13,15). The van der Waals surface area contributed by atoms with Gasteiger partial charge >= 0.3 is 0 Å². The lowest BCUT2D eigenvalue weighted by Crippen LogP contribution is -2.43. The van der Waals surface area contributed by atoms with E-state index in [0.29, 0.717) is 12.3 Å². The maximum Gasteiger partial charge on any atom is 0.292 e. The van der Waals surface area contributed by atoms with Crippen LogP contribution < -0.4 is 10.6 Å². The van der Waals surface area contributed by atoms with Crippen LogP contribution >= 0.6 is 0 Å². The quantitative estimate of drug-likeness (QED) is 0.605. The molecule has 1 aromatic carbocycles. The molecule has 0 spiro atoms. The van der Waals surface area contributed by atoms with Gasteiger partial charge in [0.1, 0.15) is 5.69 Å². The van der Waals surface area contributed by atoms with Crippen molar-refractivity contribution in [1.82, 2.24) is 5.32 Å². The third-order valence-corrected chi connectivity index (χ3v) is 2.71. The number of carbonyl (C=O) groups is 1. The van der Waals surface area contributed by atoms with E-state index in [4.69, 9.17) is 0 Å². The highest BCUT2D eigenvalue weighted by molar-refractivity contribution is 5.93. The third-order valence-electron chi connectivity index (χ3n) is 2.71. The lowest BCUT2D eigenvalue weighted by Gasteiger charge is -2.26. The van der Waals surface area contributed by atoms with E-state index >= 15 is 0 Å². The molecule has 1 aliphatic rings. The van der Waals surface area contributed by atoms with Gasteiger partial charge in [-0.25, -0.2) is 0 Å². The first-order chi connectivity index (χ1) is 8.16. The molecule has 17 heavy (non-hydrogen) atoms. The number of hydrogen-bond donors (Lipinski definition) is 2. The van der Waals surface area contributed by atoms with Crippen molar-refractivity contribution < 1.29 is 9.72 Å². The summed E-state index contributed by atoms with van der Waals surface area (Å²) in [6.45, 7) is 1.68. The number of nitrogens with zero attached hydrogens (tertiary/aromatic N) is 1. The van der Waals surface area contributed by atoms with Crippen LogP contribution in [-0.4, -0.2) is 23.9 Å². The highest BCUT2D eigenvalue weighted by Crippen LogP contribution is 2.23. The first-order valence-electron chi connectivity index (χ1n) is 5.41. The normalized spacial score (nSPS) is 15.1. The highest BCUT2D eigenvalue weighted by atomic mass is 16.6. The summed E-state index contributed by atoms with van der Waals surface area (Å²) in [6.07, 6.45) is 0.402. The fourth-order valence-corrected chi connectivity index (χ4v) is 1.69. The maximum absolute atomic E-state index is 11.6. The summed E-state index contributed by atoms with van der Waals surface area (Å²) in [4.78, 5) is 21.9. The van der Waals surface area contributed by atoms with Crippen molar-refractivity contribution in [2.24, 2.45) is 5.92 Å². The maximum atomic E-state index is 11.6. The van der Waals surface area contributed by atoms with E-state index in [-0.39, 0.29) is 17.3 Å². The fraction of sp³-hybridized carbons (Fsp3) is 0.364. The number of para-hydroxylation sites is 2. The first-order valence-corrected chi connectivity index (χ1v) is 5.41. The van der Waals surface area contributed by atoms with Crippen LogP contribution in [0.3, 0.4) is 0 Å². The first kappa shape index (κ1) is 11.5. The molecular formula is C11H13N3O3. The predicted octanol–water partition coefficient (Wildman–Crippen LogP) is 1.14. The van der Waals surface area contributed by atoms with Crippen molar-refractivity contribution >= 4 is 17.3 Å². The molecule has 1 aromatic rings. The number of nitro benzene ring substituents is 1. The van der Waals surface area contributed by atoms with E-state index in [1.165, 1.54) is 12.1 Å². The molecule has 0 unspecified atom stereocenters. The minimum absolute atomic E-state index is 0.0763. The molecule has 0 atom stereocenters. The van der Waals surface area contributed by atoms with Gasteiger partial charge in [0.2, 0.25) is 5.91 Å². The van der Waals surface area contributed by atoms with E-state index in [2.05, 4.69) is 10.6 Å². The average Bonchev–Trinajstić information content (AvgIpc) is 2.24. The fourth-order valence-electron chi connectivity index (χ4n) is 1.69. The average molecular weight is 235 g/mol. The van der Waals surface area contributed by atoms with Crippen LogP contribution in [0.15, 0.2) is 24.3 Å². The molecule has 0 aliphatic carbocycles. The van der Waals surface area contributed by atoms with Crippen molar-refractivity contribution in [2.45, 2.75) is 6.42 Å². The van der Waals surface area contributed by atoms with Gasteiger partial charge in [-0.2, -0.15) is 0 Å². The molecule has 90 valence electrons. The highest BCUT2D eigenvalue weighted by Gasteiger charge is 2.21. The van der Waals surface area contributed by atoms with Gasteiger partial charge in [0.05, 0.1) is 4.92 Å². The second-order valence-electron chi connectivity index (χ2n) is 4.05. The zero-order valence-electron chi connectivity index (χ0n) is 9.18. The number of nitro groups is 1. The topological polar surface area (TPSA) is 84.3 Å². The molecule has 0 radical (unpaired) electrons. The van der Waals surface area contributed by atoms with Gasteiger partial charge in [-0.05, 0) is 25.1 Å². The summed E-state index contributed by atoms with van der Waals surface area (Å²) in [5.41, 5.74) is 0.183. The van der Waals surface area contributed by atoms with Crippen LogP contribution in [0.25, 0.3) is 0 Å². The zero-order valence-corrected chi connectivity index (χ0v) is 9.18. The zero-order chi connectivity index (χ0) is 12.3. The molecule has 6 heteroatoms. The lowest BCUT2D eigenvalue weighted by atomic mass is 9.99. The monoisotopic (exact) mass is 235 g/mol. The Labute approximate surface area is 98.2 Å². The van der Waals surface area contributed by atoms with Gasteiger partial charge < -0.3 is 10.6 Å². The number of hydrogen-bond acceptors (Lipinski definition) is 4. The summed E-state index contributed by atoms with van der Waals surface area (Å²) in [6, 6.07) is 6.15. The Bertz CT molecular complexity index is 443. The molecule has 1 saturated heterocycles. The molecule has 2 N–H and O–H groups in total. The van der Waals surface area contributed by atoms with Gasteiger partial charge in [-0.3, -0.25) is 14.9 Å². The van der Waals surface area contributed by atoms with Crippen molar-refractivity contribution in [3.8, 4) is 0 Å². The second-order valence-corrected chi connectivity index (χ2v) is 4.05. The summed E-state index contributed by atoms with van der Waals surface area (Å²) in [5.74, 6) is 0.170. The van der Waals surface area contributed by atoms with Crippen molar-refractivity contribution in [3.05, 3.63) is 34.4 Å². The second kappa shape index (κ2) is 4.92. The molecule has 1 fully saturated rings. The van der Waals surface area contributed by atoms with Gasteiger partial charge in [0.25, 0.3) is 5.69 Å². The van der Waals surface area contributed by atoms with Gasteiger partial charge in [0, 0.05) is 12.5 Å². The van der Waals surface area contributed by atoms with Crippen LogP contribution in [0.2, 0.25) is 0 Å². The Hall–Kier alpha value is -1.95. The van der Waals surface area contributed by atoms with Crippen LogP contribution in [-0.2, 0) is 4.79 Å². The Balaban J connectivity index is 2.01. The van der Waals surface area contributed by atoms with Crippen molar-refractivity contribution in [2.75, 3.05) is 18.4 Å². The Morgan fingerprint density at radius 3 is 2.76 bits per heavy atom. The van der Waals surface area contributed by atoms with Crippen molar-refractivity contribution in [1.29, 1.82) is 0 Å². The molecule has 1 aliphatic heterocycles. The summed E-state index contributed by atoms with van der Waals surface area (Å²) >= 11 is 0. The molecule has 0 saturated carbocycles. The molecule has 0 aromatic heterocycles. The molecular weight excluding hydrogens is 222 g/mol. The number of nitrogens with one attached hydrogen (secondary N) is 2. The minimum Gasteiger partial charge on any atom is -0.320 e. The SMILES string of the molecule is O=C(CC1CNC1)Nc1ccccc1[N+](=O)[O-]. The van der Waals surface area contributed by atoms with Crippen LogP contribution in [0.1, 0.15) is 6.42 Å². The molecule has 0 bridgehead atoms. The Morgan fingerprint density at radius 2 is 2.18 bits per heavy atom. The van der Waals surface area contributed by atoms with E-state index in [1.54, 1.807) is 12.1 Å². The van der Waals surface area contributed by atoms with Gasteiger partial charge in [0.15, 0.2) is 0 Å². The Kier molecular flexibility index (Phi) is 3.34. The number of benzene rings is 1. The van der Waals surface area contributed by atoms with Crippen LogP contribution in [0.4, 0.5) is 11.4 Å². The number of anilines is 1. The molecule has 1 amide bonds. The Morgan fingerprint density at radius 1 is 1.47 bits per heavy atom. The molecule has 1 heterocycles. The van der Waals surface area contributed by atoms with E-state index < -0.39 is 4.92 Å². The third kappa shape index (κ3) is 2.79. The summed E-state index contributed by atoms with van der Waals surface area (Å²) < 4.78 is 0.